The highest BCUT2D eigenvalue weighted by Crippen LogP contribution is 2.31. The molecule has 5 heteroatoms. The Kier molecular flexibility index (Phi) is 3.13. The number of anilines is 2. The van der Waals surface area contributed by atoms with E-state index in [0.29, 0.717) is 17.2 Å². The van der Waals surface area contributed by atoms with Crippen molar-refractivity contribution in [3.63, 3.8) is 0 Å². The molecular weight excluding hydrogens is 316 g/mol. The number of nitrogens with zero attached hydrogens (tertiary/aromatic N) is 1. The van der Waals surface area contributed by atoms with Crippen molar-refractivity contribution in [1.82, 2.24) is 4.98 Å². The number of rotatable bonds is 2. The number of para-hydroxylation sites is 1. The first-order chi connectivity index (χ1) is 12.3. The molecule has 1 aliphatic carbocycles. The van der Waals surface area contributed by atoms with Gasteiger partial charge in [-0.1, -0.05) is 18.2 Å². The molecule has 5 rings (SSSR count). The zero-order valence-electron chi connectivity index (χ0n) is 13.5. The summed E-state index contributed by atoms with van der Waals surface area (Å²) < 4.78 is 11.3. The number of nitrogens with one attached hydrogen (secondary N) is 1. The molecule has 0 bridgehead atoms. The van der Waals surface area contributed by atoms with E-state index in [4.69, 9.17) is 8.83 Å². The molecule has 0 fully saturated rings. The molecule has 4 aromatic rings. The number of aromatic nitrogens is 1. The highest BCUT2D eigenvalue weighted by Gasteiger charge is 2.19. The van der Waals surface area contributed by atoms with Gasteiger partial charge in [0, 0.05) is 22.7 Å². The van der Waals surface area contributed by atoms with E-state index in [9.17, 15) is 4.79 Å². The third-order valence-electron chi connectivity index (χ3n) is 4.76. The van der Waals surface area contributed by atoms with Crippen LogP contribution in [0.1, 0.15) is 24.0 Å². The van der Waals surface area contributed by atoms with Crippen molar-refractivity contribution in [1.29, 1.82) is 0 Å². The SMILES string of the molecule is O=c1oc2cc3oc(Nc4ccccc4)nc3cc2c2c1CCCC2. The average molecular weight is 332 g/mol. The van der Waals surface area contributed by atoms with E-state index in [-0.39, 0.29) is 5.63 Å². The predicted molar refractivity (Wildman–Crippen MR) is 96.4 cm³/mol. The highest BCUT2D eigenvalue weighted by atomic mass is 16.4. The summed E-state index contributed by atoms with van der Waals surface area (Å²) in [4.78, 5) is 16.8. The zero-order chi connectivity index (χ0) is 16.8. The van der Waals surface area contributed by atoms with Gasteiger partial charge in [-0.05, 0) is 49.4 Å². The molecule has 1 N–H and O–H groups in total. The van der Waals surface area contributed by atoms with Crippen LogP contribution in [0.4, 0.5) is 11.7 Å². The van der Waals surface area contributed by atoms with Crippen molar-refractivity contribution >= 4 is 33.8 Å². The number of fused-ring (bicyclic) bond motifs is 4. The van der Waals surface area contributed by atoms with Gasteiger partial charge in [0.2, 0.25) is 0 Å². The fourth-order valence-corrected chi connectivity index (χ4v) is 3.56. The van der Waals surface area contributed by atoms with Crippen LogP contribution in [0.3, 0.4) is 0 Å². The van der Waals surface area contributed by atoms with Gasteiger partial charge in [-0.15, -0.1) is 0 Å². The summed E-state index contributed by atoms with van der Waals surface area (Å²) in [5.41, 5.74) is 4.55. The summed E-state index contributed by atoms with van der Waals surface area (Å²) in [6, 6.07) is 13.9. The lowest BCUT2D eigenvalue weighted by Gasteiger charge is -2.15. The Bertz CT molecular complexity index is 1140. The van der Waals surface area contributed by atoms with Gasteiger partial charge in [-0.3, -0.25) is 0 Å². The standard InChI is InChI=1S/C20H16N2O3/c23-19-14-9-5-4-8-13(14)15-10-16-18(11-17(15)24-19)25-20(22-16)21-12-6-2-1-3-7-12/h1-3,6-7,10-11H,4-5,8-9H2,(H,21,22). The highest BCUT2D eigenvalue weighted by molar-refractivity contribution is 5.94. The third-order valence-corrected chi connectivity index (χ3v) is 4.76. The van der Waals surface area contributed by atoms with Crippen molar-refractivity contribution in [3.05, 3.63) is 64.0 Å². The molecule has 0 atom stereocenters. The van der Waals surface area contributed by atoms with Gasteiger partial charge in [0.25, 0.3) is 6.01 Å². The molecule has 0 saturated heterocycles. The molecule has 2 aromatic heterocycles. The third kappa shape index (κ3) is 2.39. The van der Waals surface area contributed by atoms with Crippen LogP contribution in [0.15, 0.2) is 56.1 Å². The monoisotopic (exact) mass is 332 g/mol. The van der Waals surface area contributed by atoms with Gasteiger partial charge in [0.1, 0.15) is 11.1 Å². The molecule has 2 aromatic carbocycles. The smallest absolute Gasteiger partial charge is 0.339 e. The minimum absolute atomic E-state index is 0.219. The number of oxazole rings is 1. The molecule has 0 unspecified atom stereocenters. The molecule has 5 nitrogen and oxygen atoms in total. The lowest BCUT2D eigenvalue weighted by Crippen LogP contribution is -2.15. The van der Waals surface area contributed by atoms with Gasteiger partial charge >= 0.3 is 5.63 Å². The van der Waals surface area contributed by atoms with Crippen molar-refractivity contribution < 1.29 is 8.83 Å². The maximum atomic E-state index is 12.2. The second kappa shape index (κ2) is 5.48. The normalized spacial score (nSPS) is 13.9. The molecule has 124 valence electrons. The van der Waals surface area contributed by atoms with Crippen molar-refractivity contribution in [2.24, 2.45) is 0 Å². The first-order valence-electron chi connectivity index (χ1n) is 8.49. The van der Waals surface area contributed by atoms with Crippen molar-refractivity contribution in [3.8, 4) is 0 Å². The Morgan fingerprint density at radius 3 is 2.56 bits per heavy atom. The number of aryl methyl sites for hydroxylation is 1. The Morgan fingerprint density at radius 2 is 1.72 bits per heavy atom. The molecule has 0 saturated carbocycles. The Balaban J connectivity index is 1.66. The summed E-state index contributed by atoms with van der Waals surface area (Å²) in [6.45, 7) is 0. The molecule has 0 radical (unpaired) electrons. The topological polar surface area (TPSA) is 68.3 Å². The number of benzene rings is 2. The van der Waals surface area contributed by atoms with Gasteiger partial charge in [0.15, 0.2) is 5.58 Å². The molecule has 0 amide bonds. The first-order valence-corrected chi connectivity index (χ1v) is 8.49. The molecular formula is C20H16N2O3. The van der Waals surface area contributed by atoms with E-state index in [1.165, 1.54) is 0 Å². The van der Waals surface area contributed by atoms with E-state index in [2.05, 4.69) is 10.3 Å². The second-order valence-corrected chi connectivity index (χ2v) is 6.38. The van der Waals surface area contributed by atoms with Crippen molar-refractivity contribution in [2.75, 3.05) is 5.32 Å². The molecule has 2 heterocycles. The summed E-state index contributed by atoms with van der Waals surface area (Å²) in [6.07, 6.45) is 3.85. The maximum absolute atomic E-state index is 12.2. The van der Waals surface area contributed by atoms with Crippen LogP contribution in [-0.4, -0.2) is 4.98 Å². The molecule has 0 aliphatic heterocycles. The van der Waals surface area contributed by atoms with Crippen LogP contribution in [-0.2, 0) is 12.8 Å². The largest absolute Gasteiger partial charge is 0.423 e. The quantitative estimate of drug-likeness (QED) is 0.545. The van der Waals surface area contributed by atoms with Crippen LogP contribution < -0.4 is 10.9 Å². The van der Waals surface area contributed by atoms with Crippen LogP contribution in [0.2, 0.25) is 0 Å². The molecule has 25 heavy (non-hydrogen) atoms. The van der Waals surface area contributed by atoms with Gasteiger partial charge < -0.3 is 14.2 Å². The molecule has 0 spiro atoms. The van der Waals surface area contributed by atoms with E-state index in [1.54, 1.807) is 6.07 Å². The minimum Gasteiger partial charge on any atom is -0.423 e. The summed E-state index contributed by atoms with van der Waals surface area (Å²) >= 11 is 0. The lowest BCUT2D eigenvalue weighted by molar-refractivity contribution is 0.533. The van der Waals surface area contributed by atoms with Crippen LogP contribution in [0.5, 0.6) is 0 Å². The van der Waals surface area contributed by atoms with Crippen LogP contribution >= 0.6 is 0 Å². The van der Waals surface area contributed by atoms with E-state index in [0.717, 1.165) is 53.4 Å². The number of hydrogen-bond acceptors (Lipinski definition) is 5. The molecule has 1 aliphatic rings. The zero-order valence-corrected chi connectivity index (χ0v) is 13.5. The first kappa shape index (κ1) is 14.3. The average Bonchev–Trinajstić information content (AvgIpc) is 3.02. The Morgan fingerprint density at radius 1 is 0.920 bits per heavy atom. The van der Waals surface area contributed by atoms with E-state index >= 15 is 0 Å². The van der Waals surface area contributed by atoms with Gasteiger partial charge in [0.05, 0.1) is 0 Å². The van der Waals surface area contributed by atoms with Gasteiger partial charge in [-0.25, -0.2) is 4.79 Å². The van der Waals surface area contributed by atoms with E-state index < -0.39 is 0 Å². The Labute approximate surface area is 143 Å². The second-order valence-electron chi connectivity index (χ2n) is 6.38. The number of hydrogen-bond donors (Lipinski definition) is 1. The minimum atomic E-state index is -0.219. The lowest BCUT2D eigenvalue weighted by atomic mass is 9.90. The summed E-state index contributed by atoms with van der Waals surface area (Å²) in [5.74, 6) is 0. The van der Waals surface area contributed by atoms with Gasteiger partial charge in [-0.2, -0.15) is 4.98 Å². The fraction of sp³-hybridized carbons (Fsp3) is 0.200. The maximum Gasteiger partial charge on any atom is 0.339 e. The van der Waals surface area contributed by atoms with Crippen LogP contribution in [0, 0.1) is 0 Å². The summed E-state index contributed by atoms with van der Waals surface area (Å²) in [7, 11) is 0. The fourth-order valence-electron chi connectivity index (χ4n) is 3.56. The summed E-state index contributed by atoms with van der Waals surface area (Å²) in [5, 5.41) is 4.12. The Hall–Kier alpha value is -3.08. The van der Waals surface area contributed by atoms with E-state index in [1.807, 2.05) is 36.4 Å². The van der Waals surface area contributed by atoms with Crippen molar-refractivity contribution in [2.45, 2.75) is 25.7 Å². The predicted octanol–water partition coefficient (Wildman–Crippen LogP) is 4.56. The van der Waals surface area contributed by atoms with Crippen LogP contribution in [0.25, 0.3) is 22.1 Å².